The van der Waals surface area contributed by atoms with E-state index in [0.29, 0.717) is 16.7 Å². The van der Waals surface area contributed by atoms with Gasteiger partial charge in [-0.3, -0.25) is 9.59 Å². The van der Waals surface area contributed by atoms with Crippen molar-refractivity contribution in [2.24, 2.45) is 0 Å². The number of thiazole rings is 1. The molecule has 0 saturated heterocycles. The zero-order chi connectivity index (χ0) is 23.2. The van der Waals surface area contributed by atoms with Gasteiger partial charge in [-0.1, -0.05) is 26.0 Å². The Morgan fingerprint density at radius 1 is 1.06 bits per heavy atom. The van der Waals surface area contributed by atoms with Gasteiger partial charge >= 0.3 is 6.09 Å². The fraction of sp³-hybridized carbons (Fsp3) is 0.455. The Kier molecular flexibility index (Phi) is 8.15. The van der Waals surface area contributed by atoms with E-state index in [1.54, 1.807) is 51.2 Å². The fourth-order valence-corrected chi connectivity index (χ4v) is 3.32. The van der Waals surface area contributed by atoms with Crippen molar-refractivity contribution in [2.45, 2.75) is 59.0 Å². The molecule has 0 aliphatic rings. The third-order valence-electron chi connectivity index (χ3n) is 4.20. The Morgan fingerprint density at radius 3 is 2.26 bits per heavy atom. The smallest absolute Gasteiger partial charge is 0.408 e. The molecule has 0 radical (unpaired) electrons. The van der Waals surface area contributed by atoms with Gasteiger partial charge in [0.1, 0.15) is 12.1 Å². The van der Waals surface area contributed by atoms with Gasteiger partial charge in [0.05, 0.1) is 5.92 Å². The zero-order valence-electron chi connectivity index (χ0n) is 18.7. The van der Waals surface area contributed by atoms with Crippen LogP contribution in [0.5, 0.6) is 0 Å². The highest BCUT2D eigenvalue weighted by molar-refractivity contribution is 7.15. The summed E-state index contributed by atoms with van der Waals surface area (Å²) < 4.78 is 5.09. The van der Waals surface area contributed by atoms with Gasteiger partial charge in [-0.25, -0.2) is 9.78 Å². The maximum Gasteiger partial charge on any atom is 0.408 e. The predicted octanol–water partition coefficient (Wildman–Crippen LogP) is 4.47. The zero-order valence-corrected chi connectivity index (χ0v) is 19.6. The van der Waals surface area contributed by atoms with Crippen molar-refractivity contribution in [3.8, 4) is 0 Å². The normalized spacial score (nSPS) is 12.2. The molecule has 9 heteroatoms. The number of carbonyl (C=O) groups excluding carboxylic acids is 3. The number of alkyl carbamates (subject to hydrolysis) is 1. The van der Waals surface area contributed by atoms with Crippen LogP contribution in [-0.4, -0.2) is 35.0 Å². The van der Waals surface area contributed by atoms with E-state index < -0.39 is 11.7 Å². The van der Waals surface area contributed by atoms with Crippen molar-refractivity contribution in [3.05, 3.63) is 40.9 Å². The Morgan fingerprint density at radius 2 is 1.71 bits per heavy atom. The number of hydrogen-bond donors (Lipinski definition) is 3. The molecular formula is C22H30N4O4S. The summed E-state index contributed by atoms with van der Waals surface area (Å²) >= 11 is 1.47. The van der Waals surface area contributed by atoms with Gasteiger partial charge in [-0.15, -0.1) is 11.3 Å². The van der Waals surface area contributed by atoms with E-state index >= 15 is 0 Å². The minimum atomic E-state index is -0.654. The van der Waals surface area contributed by atoms with Gasteiger partial charge in [0, 0.05) is 16.8 Å². The Balaban J connectivity index is 1.86. The number of nitrogens with zero attached hydrogens (tertiary/aromatic N) is 1. The molecule has 0 saturated carbocycles. The van der Waals surface area contributed by atoms with E-state index in [2.05, 4.69) is 34.8 Å². The summed E-state index contributed by atoms with van der Waals surface area (Å²) in [6, 6.07) is 6.99. The second-order valence-electron chi connectivity index (χ2n) is 8.46. The van der Waals surface area contributed by atoms with Crippen LogP contribution in [-0.2, 0) is 14.3 Å². The monoisotopic (exact) mass is 446 g/mol. The number of anilines is 2. The quantitative estimate of drug-likeness (QED) is 0.581. The van der Waals surface area contributed by atoms with Crippen molar-refractivity contribution in [2.75, 3.05) is 17.2 Å². The maximum atomic E-state index is 12.5. The minimum Gasteiger partial charge on any atom is -0.444 e. The average molecular weight is 447 g/mol. The number of ether oxygens (including phenoxy) is 1. The lowest BCUT2D eigenvalue weighted by atomic mass is 10.0. The molecule has 0 spiro atoms. The van der Waals surface area contributed by atoms with Gasteiger partial charge in [0.25, 0.3) is 0 Å². The molecule has 0 bridgehead atoms. The molecule has 2 aromatic rings. The van der Waals surface area contributed by atoms with Crippen molar-refractivity contribution in [1.82, 2.24) is 10.3 Å². The molecule has 0 fully saturated rings. The van der Waals surface area contributed by atoms with Crippen LogP contribution >= 0.6 is 11.3 Å². The second-order valence-corrected chi connectivity index (χ2v) is 9.52. The first-order valence-corrected chi connectivity index (χ1v) is 10.9. The molecule has 2 rings (SSSR count). The number of benzene rings is 1. The van der Waals surface area contributed by atoms with Crippen LogP contribution in [0.2, 0.25) is 0 Å². The summed E-state index contributed by atoms with van der Waals surface area (Å²) in [4.78, 5) is 41.5. The summed E-state index contributed by atoms with van der Waals surface area (Å²) in [6.45, 7) is 11.0. The third kappa shape index (κ3) is 8.01. The molecule has 0 aliphatic carbocycles. The van der Waals surface area contributed by atoms with E-state index in [1.165, 1.54) is 11.3 Å². The Hall–Kier alpha value is -2.94. The molecular weight excluding hydrogens is 416 g/mol. The molecule has 1 aromatic heterocycles. The molecule has 1 atom stereocenters. The maximum absolute atomic E-state index is 12.5. The van der Waals surface area contributed by atoms with Crippen molar-refractivity contribution in [3.63, 3.8) is 0 Å². The first kappa shape index (κ1) is 24.3. The molecule has 1 aromatic carbocycles. The third-order valence-corrected chi connectivity index (χ3v) is 5.42. The van der Waals surface area contributed by atoms with Gasteiger partial charge in [0.15, 0.2) is 5.13 Å². The lowest BCUT2D eigenvalue weighted by Gasteiger charge is -2.19. The highest BCUT2D eigenvalue weighted by Gasteiger charge is 2.18. The largest absolute Gasteiger partial charge is 0.444 e. The first-order chi connectivity index (χ1) is 14.4. The lowest BCUT2D eigenvalue weighted by Crippen LogP contribution is -2.37. The SMILES string of the molecule is CC(C)c1cnc(NC(=O)[C@@H](C)c2ccc(NC(=O)CNC(=O)OC(C)(C)C)cc2)s1. The van der Waals surface area contributed by atoms with Gasteiger partial charge in [-0.2, -0.15) is 0 Å². The van der Waals surface area contributed by atoms with E-state index in [4.69, 9.17) is 4.74 Å². The van der Waals surface area contributed by atoms with Crippen LogP contribution in [0, 0.1) is 0 Å². The van der Waals surface area contributed by atoms with Gasteiger partial charge in [-0.05, 0) is 51.3 Å². The molecule has 8 nitrogen and oxygen atoms in total. The minimum absolute atomic E-state index is 0.150. The Bertz CT molecular complexity index is 916. The van der Waals surface area contributed by atoms with Crippen LogP contribution in [0.4, 0.5) is 15.6 Å². The highest BCUT2D eigenvalue weighted by atomic mass is 32.1. The number of aromatic nitrogens is 1. The number of rotatable bonds is 7. The number of carbonyl (C=O) groups is 3. The van der Waals surface area contributed by atoms with Crippen LogP contribution in [0.3, 0.4) is 0 Å². The average Bonchev–Trinajstić information content (AvgIpc) is 3.14. The summed E-state index contributed by atoms with van der Waals surface area (Å²) in [5.74, 6) is -0.551. The van der Waals surface area contributed by atoms with E-state index in [-0.39, 0.29) is 24.3 Å². The van der Waals surface area contributed by atoms with Gasteiger partial charge < -0.3 is 20.7 Å². The summed E-state index contributed by atoms with van der Waals surface area (Å²) in [5.41, 5.74) is 0.743. The molecule has 3 N–H and O–H groups in total. The van der Waals surface area contributed by atoms with Gasteiger partial charge in [0.2, 0.25) is 11.8 Å². The van der Waals surface area contributed by atoms with Crippen LogP contribution in [0.1, 0.15) is 63.8 Å². The van der Waals surface area contributed by atoms with Crippen LogP contribution < -0.4 is 16.0 Å². The van der Waals surface area contributed by atoms with Crippen molar-refractivity contribution < 1.29 is 19.1 Å². The number of hydrogen-bond acceptors (Lipinski definition) is 6. The molecule has 1 heterocycles. The molecule has 0 aliphatic heterocycles. The lowest BCUT2D eigenvalue weighted by molar-refractivity contribution is -0.117. The standard InChI is InChI=1S/C22H30N4O4S/c1-13(2)17-11-23-20(31-17)26-19(28)14(3)15-7-9-16(10-8-15)25-18(27)12-24-21(29)30-22(4,5)6/h7-11,13-14H,12H2,1-6H3,(H,24,29)(H,25,27)(H,23,26,28)/t14-/m0/s1. The summed E-state index contributed by atoms with van der Waals surface area (Å²) in [7, 11) is 0. The first-order valence-electron chi connectivity index (χ1n) is 10.1. The second kappa shape index (κ2) is 10.4. The van der Waals surface area contributed by atoms with Crippen LogP contribution in [0.25, 0.3) is 0 Å². The number of nitrogens with one attached hydrogen (secondary N) is 3. The molecule has 0 unspecified atom stereocenters. The number of amides is 3. The fourth-order valence-electron chi connectivity index (χ4n) is 2.50. The van der Waals surface area contributed by atoms with Crippen molar-refractivity contribution in [1.29, 1.82) is 0 Å². The molecule has 31 heavy (non-hydrogen) atoms. The predicted molar refractivity (Wildman–Crippen MR) is 123 cm³/mol. The van der Waals surface area contributed by atoms with E-state index in [0.717, 1.165) is 10.4 Å². The van der Waals surface area contributed by atoms with Crippen LogP contribution in [0.15, 0.2) is 30.5 Å². The highest BCUT2D eigenvalue weighted by Crippen LogP contribution is 2.26. The van der Waals surface area contributed by atoms with Crippen molar-refractivity contribution >= 4 is 40.1 Å². The summed E-state index contributed by atoms with van der Waals surface area (Å²) in [6.07, 6.45) is 1.13. The Labute approximate surface area is 186 Å². The van der Waals surface area contributed by atoms with E-state index in [9.17, 15) is 14.4 Å². The summed E-state index contributed by atoms with van der Waals surface area (Å²) in [5, 5.41) is 8.53. The molecule has 168 valence electrons. The molecule has 3 amide bonds. The topological polar surface area (TPSA) is 109 Å². The van der Waals surface area contributed by atoms with E-state index in [1.807, 2.05) is 6.92 Å².